The molecule has 2 amide bonds. The van der Waals surface area contributed by atoms with E-state index in [0.29, 0.717) is 13.1 Å². The molecular weight excluding hydrogens is 320 g/mol. The Morgan fingerprint density at radius 3 is 2.26 bits per heavy atom. The predicted molar refractivity (Wildman–Crippen MR) is 86.0 cm³/mol. The normalized spacial score (nSPS) is 25.1. The van der Waals surface area contributed by atoms with Gasteiger partial charge in [-0.2, -0.15) is 0 Å². The van der Waals surface area contributed by atoms with Gasteiger partial charge in [-0.05, 0) is 19.3 Å². The second-order valence-corrected chi connectivity index (χ2v) is 8.38. The molecule has 2 heterocycles. The summed E-state index contributed by atoms with van der Waals surface area (Å²) in [6.45, 7) is 2.87. The number of carbonyl (C=O) groups excluding carboxylic acids is 2. The Morgan fingerprint density at radius 1 is 1.04 bits per heavy atom. The number of primary amides is 1. The fraction of sp³-hybridized carbons (Fsp3) is 0.857. The van der Waals surface area contributed by atoms with Crippen LogP contribution >= 0.6 is 0 Å². The Labute approximate surface area is 137 Å². The third kappa shape index (κ3) is 5.15. The van der Waals surface area contributed by atoms with E-state index in [2.05, 4.69) is 0 Å². The van der Waals surface area contributed by atoms with Crippen LogP contribution in [0.3, 0.4) is 0 Å². The number of hydrogen-bond acceptors (Lipinski definition) is 5. The van der Waals surface area contributed by atoms with Crippen molar-refractivity contribution in [3.05, 3.63) is 0 Å². The molecule has 0 aromatic rings. The Morgan fingerprint density at radius 2 is 1.70 bits per heavy atom. The van der Waals surface area contributed by atoms with E-state index in [1.54, 1.807) is 0 Å². The predicted octanol–water partition coefficient (Wildman–Crippen LogP) is -1.32. The highest BCUT2D eigenvalue weighted by Crippen LogP contribution is 2.14. The van der Waals surface area contributed by atoms with Gasteiger partial charge in [-0.15, -0.1) is 0 Å². The van der Waals surface area contributed by atoms with Gasteiger partial charge in [0.2, 0.25) is 21.8 Å². The maximum absolute atomic E-state index is 12.4. The Hall–Kier alpha value is -1.19. The summed E-state index contributed by atoms with van der Waals surface area (Å²) in [4.78, 5) is 27.7. The monoisotopic (exact) mass is 346 g/mol. The summed E-state index contributed by atoms with van der Waals surface area (Å²) in [5.41, 5.74) is 5.40. The van der Waals surface area contributed by atoms with Gasteiger partial charge in [0.1, 0.15) is 0 Å². The second kappa shape index (κ2) is 7.59. The quantitative estimate of drug-likeness (QED) is 0.680. The number of rotatable bonds is 4. The standard InChI is InChI=1S/C14H26N4O4S/c1-23(21,22)18-8-7-16(9-12(10-18)14(15)20)11-13(19)17-5-3-2-4-6-17/h12H,2-11H2,1H3,(H2,15,20)/t12-/m1/s1. The first-order valence-corrected chi connectivity index (χ1v) is 9.87. The third-order valence-corrected chi connectivity index (χ3v) is 5.78. The fourth-order valence-electron chi connectivity index (χ4n) is 3.11. The molecular formula is C14H26N4O4S. The van der Waals surface area contributed by atoms with Crippen LogP contribution < -0.4 is 5.73 Å². The molecule has 23 heavy (non-hydrogen) atoms. The molecule has 132 valence electrons. The van der Waals surface area contributed by atoms with Gasteiger partial charge in [0.25, 0.3) is 0 Å². The molecule has 1 atom stereocenters. The zero-order chi connectivity index (χ0) is 17.0. The third-order valence-electron chi connectivity index (χ3n) is 4.51. The van der Waals surface area contributed by atoms with Crippen molar-refractivity contribution in [2.75, 3.05) is 52.1 Å². The lowest BCUT2D eigenvalue weighted by molar-refractivity contribution is -0.134. The van der Waals surface area contributed by atoms with Crippen molar-refractivity contribution in [1.29, 1.82) is 0 Å². The van der Waals surface area contributed by atoms with Gasteiger partial charge < -0.3 is 10.6 Å². The van der Waals surface area contributed by atoms with E-state index >= 15 is 0 Å². The van der Waals surface area contributed by atoms with Crippen LogP contribution in [0, 0.1) is 5.92 Å². The molecule has 0 bridgehead atoms. The van der Waals surface area contributed by atoms with Crippen LogP contribution in [0.25, 0.3) is 0 Å². The van der Waals surface area contributed by atoms with E-state index < -0.39 is 21.8 Å². The summed E-state index contributed by atoms with van der Waals surface area (Å²) in [6.07, 6.45) is 4.33. The first-order valence-electron chi connectivity index (χ1n) is 8.02. The van der Waals surface area contributed by atoms with E-state index in [4.69, 9.17) is 5.73 Å². The summed E-state index contributed by atoms with van der Waals surface area (Å²) in [5, 5.41) is 0. The zero-order valence-electron chi connectivity index (χ0n) is 13.6. The number of likely N-dealkylation sites (tertiary alicyclic amines) is 1. The molecule has 0 saturated carbocycles. The maximum Gasteiger partial charge on any atom is 0.236 e. The minimum Gasteiger partial charge on any atom is -0.369 e. The average molecular weight is 346 g/mol. The average Bonchev–Trinajstić information content (AvgIpc) is 2.70. The topological polar surface area (TPSA) is 104 Å². The first kappa shape index (κ1) is 18.2. The molecule has 0 radical (unpaired) electrons. The lowest BCUT2D eigenvalue weighted by Gasteiger charge is -2.30. The molecule has 2 aliphatic rings. The van der Waals surface area contributed by atoms with Crippen LogP contribution in [0.4, 0.5) is 0 Å². The van der Waals surface area contributed by atoms with Crippen LogP contribution in [0.1, 0.15) is 19.3 Å². The number of nitrogens with two attached hydrogens (primary N) is 1. The summed E-state index contributed by atoms with van der Waals surface area (Å²) < 4.78 is 24.8. The van der Waals surface area contributed by atoms with Crippen LogP contribution in [0.5, 0.6) is 0 Å². The largest absolute Gasteiger partial charge is 0.369 e. The number of piperidine rings is 1. The number of carbonyl (C=O) groups is 2. The van der Waals surface area contributed by atoms with Gasteiger partial charge in [0.05, 0.1) is 18.7 Å². The van der Waals surface area contributed by atoms with Crippen molar-refractivity contribution in [2.24, 2.45) is 11.7 Å². The zero-order valence-corrected chi connectivity index (χ0v) is 14.4. The van der Waals surface area contributed by atoms with E-state index in [9.17, 15) is 18.0 Å². The molecule has 0 aliphatic carbocycles. The van der Waals surface area contributed by atoms with Crippen LogP contribution in [0.2, 0.25) is 0 Å². The molecule has 2 aliphatic heterocycles. The Kier molecular flexibility index (Phi) is 5.99. The number of hydrogen-bond donors (Lipinski definition) is 1. The van der Waals surface area contributed by atoms with Gasteiger partial charge in [0.15, 0.2) is 0 Å². The molecule has 0 spiro atoms. The summed E-state index contributed by atoms with van der Waals surface area (Å²) >= 11 is 0. The second-order valence-electron chi connectivity index (χ2n) is 6.40. The Bertz CT molecular complexity index is 545. The lowest BCUT2D eigenvalue weighted by Crippen LogP contribution is -2.45. The van der Waals surface area contributed by atoms with Gasteiger partial charge in [-0.1, -0.05) is 0 Å². The van der Waals surface area contributed by atoms with Gasteiger partial charge >= 0.3 is 0 Å². The molecule has 8 nitrogen and oxygen atoms in total. The summed E-state index contributed by atoms with van der Waals surface area (Å²) in [5.74, 6) is -1.09. The molecule has 9 heteroatoms. The van der Waals surface area contributed by atoms with Gasteiger partial charge in [-0.3, -0.25) is 14.5 Å². The highest BCUT2D eigenvalue weighted by Gasteiger charge is 2.31. The van der Waals surface area contributed by atoms with E-state index in [1.165, 1.54) is 4.31 Å². The number of amides is 2. The summed E-state index contributed by atoms with van der Waals surface area (Å²) in [6, 6.07) is 0. The lowest BCUT2D eigenvalue weighted by atomic mass is 10.1. The first-order chi connectivity index (χ1) is 10.8. The molecule has 2 rings (SSSR count). The van der Waals surface area contributed by atoms with E-state index in [-0.39, 0.29) is 25.5 Å². The highest BCUT2D eigenvalue weighted by molar-refractivity contribution is 7.88. The SMILES string of the molecule is CS(=O)(=O)N1CCN(CC(=O)N2CCCCC2)C[C@@H](C(N)=O)C1. The van der Waals surface area contributed by atoms with Crippen LogP contribution in [0.15, 0.2) is 0 Å². The van der Waals surface area contributed by atoms with Crippen molar-refractivity contribution < 1.29 is 18.0 Å². The Balaban J connectivity index is 2.01. The van der Waals surface area contributed by atoms with E-state index in [0.717, 1.165) is 38.6 Å². The fourth-order valence-corrected chi connectivity index (χ4v) is 3.97. The van der Waals surface area contributed by atoms with Gasteiger partial charge in [-0.25, -0.2) is 12.7 Å². The molecule has 0 unspecified atom stereocenters. The minimum atomic E-state index is -3.38. The van der Waals surface area contributed by atoms with Crippen molar-refractivity contribution in [3.8, 4) is 0 Å². The smallest absolute Gasteiger partial charge is 0.236 e. The van der Waals surface area contributed by atoms with Crippen molar-refractivity contribution >= 4 is 21.8 Å². The molecule has 2 saturated heterocycles. The minimum absolute atomic E-state index is 0.0423. The molecule has 0 aromatic carbocycles. The number of sulfonamides is 1. The van der Waals surface area contributed by atoms with Crippen LogP contribution in [-0.2, 0) is 19.6 Å². The van der Waals surface area contributed by atoms with Crippen molar-refractivity contribution in [1.82, 2.24) is 14.1 Å². The van der Waals surface area contributed by atoms with Crippen LogP contribution in [-0.4, -0.2) is 86.4 Å². The van der Waals surface area contributed by atoms with E-state index in [1.807, 2.05) is 9.80 Å². The van der Waals surface area contributed by atoms with Gasteiger partial charge in [0, 0.05) is 39.3 Å². The van der Waals surface area contributed by atoms with Crippen molar-refractivity contribution in [2.45, 2.75) is 19.3 Å². The highest BCUT2D eigenvalue weighted by atomic mass is 32.2. The molecule has 2 fully saturated rings. The number of nitrogens with zero attached hydrogens (tertiary/aromatic N) is 3. The molecule has 2 N–H and O–H groups in total. The summed E-state index contributed by atoms with van der Waals surface area (Å²) in [7, 11) is -3.38. The molecule has 0 aromatic heterocycles. The van der Waals surface area contributed by atoms with Crippen molar-refractivity contribution in [3.63, 3.8) is 0 Å². The maximum atomic E-state index is 12.4.